The Hall–Kier alpha value is -12.9. The topological polar surface area (TPSA) is 77.6 Å². The first kappa shape index (κ1) is 62.2. The van der Waals surface area contributed by atoms with Crippen molar-refractivity contribution in [2.24, 2.45) is 0 Å². The van der Waals surface area contributed by atoms with E-state index in [1.54, 1.807) is 0 Å². The average Bonchev–Trinajstić information content (AvgIpc) is 1.44. The van der Waals surface area contributed by atoms with Crippen molar-refractivity contribution in [2.45, 2.75) is 105 Å². The van der Waals surface area contributed by atoms with Crippen molar-refractivity contribution < 1.29 is 6.85 Å². The van der Waals surface area contributed by atoms with E-state index in [0.29, 0.717) is 39.3 Å². The SMILES string of the molecule is [2H]c1c([2H])c([2H])c(-c2cccc(-c3cc4c5c(c3-c3ccc(C#N)c(-n6c7ccccc7c7ccccc76)c3)Nc3cc(-n6c7ccc(C(C)(C)C)cc7c7cc(C(C)(C)C)ccc76)ccc3B5c3ccc(-c5cc(C(C)(C)C)cc(C(C)(C)C)c5)cc3N4c3cccc(-n4c5ccccc5c5ccccc54)c3C#N)c2)c([2H])c1[2H]. The van der Waals surface area contributed by atoms with E-state index in [1.165, 1.54) is 33.0 Å². The monoisotopic (exact) mass is 1420 g/mol. The molecule has 0 saturated heterocycles. The second-order valence-electron chi connectivity index (χ2n) is 34.1. The van der Waals surface area contributed by atoms with Gasteiger partial charge in [0, 0.05) is 66.3 Å². The van der Waals surface area contributed by atoms with Crippen LogP contribution in [0.25, 0.3) is 127 Å². The lowest BCUT2D eigenvalue weighted by Crippen LogP contribution is -2.60. The summed E-state index contributed by atoms with van der Waals surface area (Å²) in [5, 5.41) is 34.9. The third kappa shape index (κ3) is 10.7. The molecule has 14 aromatic carbocycles. The van der Waals surface area contributed by atoms with Gasteiger partial charge in [0.15, 0.2) is 0 Å². The zero-order chi connectivity index (χ0) is 80.0. The Labute approximate surface area is 651 Å². The van der Waals surface area contributed by atoms with Crippen molar-refractivity contribution in [2.75, 3.05) is 10.2 Å². The molecule has 0 amide bonds. The summed E-state index contributed by atoms with van der Waals surface area (Å²) in [4.78, 5) is 2.33. The van der Waals surface area contributed by atoms with Gasteiger partial charge in [-0.05, 0) is 202 Å². The highest BCUT2D eigenvalue weighted by atomic mass is 15.2. The molecule has 530 valence electrons. The minimum atomic E-state index is -0.477. The highest BCUT2D eigenvalue weighted by Crippen LogP contribution is 2.52. The molecular formula is C102H84BN7. The molecule has 17 aromatic rings. The molecule has 19 rings (SSSR count). The minimum absolute atomic E-state index is 0.0726. The van der Waals surface area contributed by atoms with Crippen molar-refractivity contribution in [1.82, 2.24) is 13.7 Å². The highest BCUT2D eigenvalue weighted by molar-refractivity contribution is 7.00. The molecule has 0 unspecified atom stereocenters. The number of anilines is 5. The summed E-state index contributed by atoms with van der Waals surface area (Å²) in [6.07, 6.45) is 0. The van der Waals surface area contributed by atoms with E-state index in [9.17, 15) is 13.3 Å². The van der Waals surface area contributed by atoms with Crippen molar-refractivity contribution >= 4 is 117 Å². The van der Waals surface area contributed by atoms with Gasteiger partial charge in [0.2, 0.25) is 0 Å². The van der Waals surface area contributed by atoms with Gasteiger partial charge in [0.1, 0.15) is 17.7 Å². The number of hydrogen-bond donors (Lipinski definition) is 1. The predicted molar refractivity (Wildman–Crippen MR) is 464 cm³/mol. The Morgan fingerprint density at radius 1 is 0.345 bits per heavy atom. The first-order valence-corrected chi connectivity index (χ1v) is 38.1. The van der Waals surface area contributed by atoms with Crippen molar-refractivity contribution in [3.05, 3.63) is 318 Å². The van der Waals surface area contributed by atoms with Crippen LogP contribution in [0.5, 0.6) is 0 Å². The Bertz CT molecular complexity index is 6930. The van der Waals surface area contributed by atoms with Gasteiger partial charge < -0.3 is 23.9 Å². The molecule has 0 aliphatic carbocycles. The van der Waals surface area contributed by atoms with Gasteiger partial charge in [-0.3, -0.25) is 0 Å². The normalized spacial score (nSPS) is 13.6. The molecular weight excluding hydrogens is 1330 g/mol. The minimum Gasteiger partial charge on any atom is -0.356 e. The number of nitrogens with one attached hydrogen (secondary N) is 1. The van der Waals surface area contributed by atoms with Gasteiger partial charge in [-0.15, -0.1) is 0 Å². The molecule has 0 fully saturated rings. The Morgan fingerprint density at radius 3 is 1.41 bits per heavy atom. The van der Waals surface area contributed by atoms with Crippen LogP contribution in [0.4, 0.5) is 28.4 Å². The predicted octanol–water partition coefficient (Wildman–Crippen LogP) is 24.9. The molecule has 0 bridgehead atoms. The molecule has 1 N–H and O–H groups in total. The smallest absolute Gasteiger partial charge is 0.252 e. The largest absolute Gasteiger partial charge is 0.356 e. The lowest BCUT2D eigenvalue weighted by Gasteiger charge is -2.42. The van der Waals surface area contributed by atoms with Crippen LogP contribution < -0.4 is 26.6 Å². The van der Waals surface area contributed by atoms with Crippen LogP contribution in [0, 0.1) is 22.7 Å². The van der Waals surface area contributed by atoms with Crippen molar-refractivity contribution in [1.29, 1.82) is 10.5 Å². The Kier molecular flexibility index (Phi) is 14.0. The molecule has 0 spiro atoms. The molecule has 0 atom stereocenters. The molecule has 7 nitrogen and oxygen atoms in total. The summed E-state index contributed by atoms with van der Waals surface area (Å²) in [6, 6.07) is 94.2. The fourth-order valence-electron chi connectivity index (χ4n) is 17.5. The van der Waals surface area contributed by atoms with Crippen LogP contribution >= 0.6 is 0 Å². The molecule has 2 aliphatic rings. The summed E-state index contributed by atoms with van der Waals surface area (Å²) in [6.45, 7) is 26.8. The third-order valence-corrected chi connectivity index (χ3v) is 23.2. The number of hydrogen-bond acceptors (Lipinski definition) is 4. The average molecular weight is 1420 g/mol. The second-order valence-corrected chi connectivity index (χ2v) is 34.1. The summed E-state index contributed by atoms with van der Waals surface area (Å²) in [5.74, 6) is 0. The quantitative estimate of drug-likeness (QED) is 0.154. The van der Waals surface area contributed by atoms with Crippen molar-refractivity contribution in [3.8, 4) is 73.7 Å². The molecule has 0 radical (unpaired) electrons. The zero-order valence-electron chi connectivity index (χ0n) is 69.0. The molecule has 3 aromatic heterocycles. The number of para-hydroxylation sites is 4. The lowest BCUT2D eigenvalue weighted by atomic mass is 9.33. The summed E-state index contributed by atoms with van der Waals surface area (Å²) in [7, 11) is 0. The summed E-state index contributed by atoms with van der Waals surface area (Å²) >= 11 is 0. The van der Waals surface area contributed by atoms with Crippen LogP contribution in [-0.4, -0.2) is 20.4 Å². The van der Waals surface area contributed by atoms with Gasteiger partial charge in [-0.1, -0.05) is 265 Å². The lowest BCUT2D eigenvalue weighted by molar-refractivity contribution is 0.569. The van der Waals surface area contributed by atoms with Crippen molar-refractivity contribution in [3.63, 3.8) is 0 Å². The second kappa shape index (κ2) is 24.8. The van der Waals surface area contributed by atoms with E-state index in [2.05, 4.69) is 331 Å². The van der Waals surface area contributed by atoms with Crippen LogP contribution in [0.1, 0.15) is 123 Å². The van der Waals surface area contributed by atoms with E-state index in [0.717, 1.165) is 127 Å². The van der Waals surface area contributed by atoms with E-state index >= 15 is 0 Å². The van der Waals surface area contributed by atoms with Gasteiger partial charge in [0.25, 0.3) is 6.71 Å². The maximum Gasteiger partial charge on any atom is 0.252 e. The van der Waals surface area contributed by atoms with E-state index in [-0.39, 0.29) is 39.3 Å². The molecule has 0 saturated carbocycles. The number of rotatable bonds is 8. The van der Waals surface area contributed by atoms with Gasteiger partial charge in [0.05, 0.1) is 62.6 Å². The van der Waals surface area contributed by atoms with E-state index in [1.807, 2.05) is 42.5 Å². The van der Waals surface area contributed by atoms with Gasteiger partial charge >= 0.3 is 0 Å². The first-order chi connectivity index (χ1) is 55.1. The molecule has 2 aliphatic heterocycles. The van der Waals surface area contributed by atoms with Gasteiger partial charge in [-0.25, -0.2) is 0 Å². The summed E-state index contributed by atoms with van der Waals surface area (Å²) in [5.41, 5.74) is 26.0. The maximum absolute atomic E-state index is 12.5. The fourth-order valence-corrected chi connectivity index (χ4v) is 17.5. The fraction of sp³-hybridized carbons (Fsp3) is 0.157. The number of fused-ring (bicyclic) bond motifs is 13. The van der Waals surface area contributed by atoms with E-state index < -0.39 is 24.8 Å². The Balaban J connectivity index is 0.969. The zero-order valence-corrected chi connectivity index (χ0v) is 64.0. The molecule has 5 heterocycles. The first-order valence-electron chi connectivity index (χ1n) is 40.6. The molecule has 110 heavy (non-hydrogen) atoms. The summed E-state index contributed by atoms with van der Waals surface area (Å²) < 4.78 is 52.6. The Morgan fingerprint density at radius 2 is 0.845 bits per heavy atom. The number of benzene rings is 14. The van der Waals surface area contributed by atoms with Crippen LogP contribution in [0.2, 0.25) is 0 Å². The number of aromatic nitrogens is 3. The van der Waals surface area contributed by atoms with Crippen LogP contribution in [0.15, 0.2) is 285 Å². The third-order valence-electron chi connectivity index (χ3n) is 23.2. The van der Waals surface area contributed by atoms with E-state index in [4.69, 9.17) is 4.11 Å². The maximum atomic E-state index is 12.5. The molecule has 8 heteroatoms. The van der Waals surface area contributed by atoms with Crippen LogP contribution in [0.3, 0.4) is 0 Å². The van der Waals surface area contributed by atoms with Gasteiger partial charge in [-0.2, -0.15) is 10.5 Å². The standard InChI is InChI=1S/C102H84BN7/c1-99(2,3)69-43-48-91-79(56-69)80-57-70(100(4,5)6)44-49-92(80)107(91)73-45-47-82-84(58-73)106-98-96(66-40-41-67(60-104)93(54-66)109-87-36-22-18-32-76(87)77-33-19-23-37-88(77)109)78(65-29-24-28-63(50-65)62-26-14-13-15-27-62)59-95-97(98)103(82)83-46-42-64(68-51-71(101(7,8)9)55-72(52-68)102(10,11)12)53-94(83)110(95)90-39-25-38-89(81(90)61-105)108-85-34-20-16-30-74(85)75-31-17-21-35-86(75)108/h13-59,106H,1-12H3/i13D,14D,15D,26D,27D. The number of nitriles is 2. The van der Waals surface area contributed by atoms with Crippen LogP contribution in [-0.2, 0) is 21.7 Å². The highest BCUT2D eigenvalue weighted by Gasteiger charge is 2.44. The number of nitrogens with zero attached hydrogens (tertiary/aromatic N) is 6.